The first-order chi connectivity index (χ1) is 24.3. The summed E-state index contributed by atoms with van der Waals surface area (Å²) in [6.45, 7) is 9.58. The standard InChI is InChI=1S/C49H43N/c1-47(2)41-14-8-5-11-35(41)38-22-19-32(26-44(38)47)50(33-20-23-39-36-12-6-9-15-42(36)48(3,4)45(39)27-33)34-21-24-40-37-13-7-10-16-43(37)49(46(40)28-34)29-30-17-18-31(49)25-30/h5-16,19-24,26-28,30-31H,17-18,25,29H2,1-4H3. The molecule has 5 aliphatic carbocycles. The van der Waals surface area contributed by atoms with Crippen LogP contribution in [-0.2, 0) is 16.2 Å². The monoisotopic (exact) mass is 645 g/mol. The molecule has 3 unspecified atom stereocenters. The van der Waals surface area contributed by atoms with E-state index in [4.69, 9.17) is 0 Å². The Kier molecular flexibility index (Phi) is 5.59. The van der Waals surface area contributed by atoms with Gasteiger partial charge in [-0.2, -0.15) is 0 Å². The summed E-state index contributed by atoms with van der Waals surface area (Å²) in [6.07, 6.45) is 5.42. The first-order valence-electron chi connectivity index (χ1n) is 18.8. The Morgan fingerprint density at radius 3 is 1.34 bits per heavy atom. The van der Waals surface area contributed by atoms with E-state index in [0.29, 0.717) is 0 Å². The molecule has 2 saturated carbocycles. The van der Waals surface area contributed by atoms with Gasteiger partial charge in [0.05, 0.1) is 0 Å². The number of rotatable bonds is 3. The van der Waals surface area contributed by atoms with Gasteiger partial charge in [0.15, 0.2) is 0 Å². The van der Waals surface area contributed by atoms with Gasteiger partial charge in [-0.1, -0.05) is 125 Å². The van der Waals surface area contributed by atoms with Gasteiger partial charge in [-0.15, -0.1) is 0 Å². The summed E-state index contributed by atoms with van der Waals surface area (Å²) in [5, 5.41) is 0. The molecule has 6 aromatic rings. The lowest BCUT2D eigenvalue weighted by atomic mass is 9.67. The quantitative estimate of drug-likeness (QED) is 0.185. The Bertz CT molecular complexity index is 2320. The van der Waals surface area contributed by atoms with Crippen molar-refractivity contribution in [2.75, 3.05) is 4.90 Å². The van der Waals surface area contributed by atoms with E-state index in [2.05, 4.69) is 160 Å². The lowest BCUT2D eigenvalue weighted by molar-refractivity contribution is 0.327. The number of anilines is 3. The maximum atomic E-state index is 2.61. The van der Waals surface area contributed by atoms with E-state index in [1.807, 2.05) is 0 Å². The molecule has 0 saturated heterocycles. The molecule has 1 nitrogen and oxygen atoms in total. The summed E-state index contributed by atoms with van der Waals surface area (Å²) in [4.78, 5) is 2.57. The lowest BCUT2D eigenvalue weighted by Gasteiger charge is -2.37. The van der Waals surface area contributed by atoms with Crippen LogP contribution in [0.15, 0.2) is 127 Å². The van der Waals surface area contributed by atoms with Crippen LogP contribution in [0.2, 0.25) is 0 Å². The van der Waals surface area contributed by atoms with Crippen molar-refractivity contribution in [2.45, 2.75) is 69.6 Å². The molecule has 3 atom stereocenters. The van der Waals surface area contributed by atoms with E-state index in [1.165, 1.54) is 98.4 Å². The Morgan fingerprint density at radius 1 is 0.440 bits per heavy atom. The Labute approximate surface area is 296 Å². The molecular formula is C49H43N. The van der Waals surface area contributed by atoms with Crippen LogP contribution in [-0.4, -0.2) is 0 Å². The smallest absolute Gasteiger partial charge is 0.0465 e. The minimum atomic E-state index is -0.0676. The lowest BCUT2D eigenvalue weighted by Crippen LogP contribution is -2.32. The maximum absolute atomic E-state index is 2.61. The van der Waals surface area contributed by atoms with E-state index in [9.17, 15) is 0 Å². The molecule has 1 spiro atoms. The van der Waals surface area contributed by atoms with Gasteiger partial charge in [-0.3, -0.25) is 0 Å². The van der Waals surface area contributed by atoms with Crippen molar-refractivity contribution in [3.05, 3.63) is 161 Å². The Hall–Kier alpha value is -4.88. The van der Waals surface area contributed by atoms with E-state index in [0.717, 1.165) is 11.8 Å². The van der Waals surface area contributed by atoms with Crippen LogP contribution in [0, 0.1) is 11.8 Å². The highest BCUT2D eigenvalue weighted by Gasteiger charge is 2.56. The van der Waals surface area contributed by atoms with Crippen LogP contribution < -0.4 is 4.90 Å². The first kappa shape index (κ1) is 28.9. The fourth-order valence-corrected chi connectivity index (χ4v) is 11.6. The van der Waals surface area contributed by atoms with Crippen molar-refractivity contribution in [1.29, 1.82) is 0 Å². The van der Waals surface area contributed by atoms with Crippen LogP contribution in [0.25, 0.3) is 33.4 Å². The third-order valence-corrected chi connectivity index (χ3v) is 13.9. The number of nitrogens with zero attached hydrogens (tertiary/aromatic N) is 1. The molecular weight excluding hydrogens is 603 g/mol. The molecule has 0 aliphatic heterocycles. The molecule has 5 aliphatic rings. The third-order valence-electron chi connectivity index (χ3n) is 13.9. The largest absolute Gasteiger partial charge is 0.310 e. The molecule has 6 aromatic carbocycles. The van der Waals surface area contributed by atoms with Crippen molar-refractivity contribution in [3.63, 3.8) is 0 Å². The summed E-state index contributed by atoms with van der Waals surface area (Å²) in [6, 6.07) is 49.3. The molecule has 0 heterocycles. The van der Waals surface area contributed by atoms with Crippen molar-refractivity contribution in [2.24, 2.45) is 11.8 Å². The fraction of sp³-hybridized carbons (Fsp3) is 0.265. The summed E-state index contributed by atoms with van der Waals surface area (Å²) >= 11 is 0. The molecule has 2 fully saturated rings. The molecule has 2 bridgehead atoms. The van der Waals surface area contributed by atoms with Gasteiger partial charge in [-0.05, 0) is 134 Å². The second-order valence-electron chi connectivity index (χ2n) is 17.0. The van der Waals surface area contributed by atoms with Crippen molar-refractivity contribution in [1.82, 2.24) is 0 Å². The minimum Gasteiger partial charge on any atom is -0.310 e. The molecule has 0 radical (unpaired) electrons. The molecule has 0 aromatic heterocycles. The molecule has 11 rings (SSSR count). The number of fused-ring (bicyclic) bond motifs is 14. The average molecular weight is 646 g/mol. The molecule has 0 N–H and O–H groups in total. The predicted octanol–water partition coefficient (Wildman–Crippen LogP) is 12.9. The number of benzene rings is 6. The summed E-state index contributed by atoms with van der Waals surface area (Å²) < 4.78 is 0. The van der Waals surface area contributed by atoms with Crippen LogP contribution >= 0.6 is 0 Å². The van der Waals surface area contributed by atoms with Crippen molar-refractivity contribution >= 4 is 17.1 Å². The second kappa shape index (κ2) is 9.67. The van der Waals surface area contributed by atoms with E-state index in [-0.39, 0.29) is 16.2 Å². The fourth-order valence-electron chi connectivity index (χ4n) is 11.6. The summed E-state index contributed by atoms with van der Waals surface area (Å²) in [5.41, 5.74) is 20.9. The normalized spacial score (nSPS) is 23.3. The van der Waals surface area contributed by atoms with Gasteiger partial charge < -0.3 is 4.90 Å². The Morgan fingerprint density at radius 2 is 0.860 bits per heavy atom. The number of hydrogen-bond donors (Lipinski definition) is 0. The minimum absolute atomic E-state index is 0.0676. The highest BCUT2D eigenvalue weighted by Crippen LogP contribution is 2.66. The van der Waals surface area contributed by atoms with E-state index < -0.39 is 0 Å². The van der Waals surface area contributed by atoms with E-state index >= 15 is 0 Å². The highest BCUT2D eigenvalue weighted by molar-refractivity contribution is 5.90. The topological polar surface area (TPSA) is 3.24 Å². The molecule has 0 amide bonds. The predicted molar refractivity (Wildman–Crippen MR) is 208 cm³/mol. The van der Waals surface area contributed by atoms with Gasteiger partial charge in [0.25, 0.3) is 0 Å². The summed E-state index contributed by atoms with van der Waals surface area (Å²) in [5.74, 6) is 1.58. The van der Waals surface area contributed by atoms with Gasteiger partial charge in [0, 0.05) is 33.3 Å². The number of hydrogen-bond acceptors (Lipinski definition) is 1. The van der Waals surface area contributed by atoms with Gasteiger partial charge >= 0.3 is 0 Å². The average Bonchev–Trinajstić information content (AvgIpc) is 3.92. The van der Waals surface area contributed by atoms with Gasteiger partial charge in [-0.25, -0.2) is 0 Å². The van der Waals surface area contributed by atoms with Crippen LogP contribution in [0.1, 0.15) is 86.8 Å². The zero-order chi connectivity index (χ0) is 33.6. The highest BCUT2D eigenvalue weighted by atomic mass is 15.1. The maximum Gasteiger partial charge on any atom is 0.0465 e. The first-order valence-corrected chi connectivity index (χ1v) is 18.8. The Balaban J connectivity index is 1.13. The SMILES string of the molecule is CC1(C)c2ccccc2-c2ccc(N(c3ccc4c(c3)C(C)(C)c3ccccc3-4)c3ccc4c(c3)C3(CC5CCC3C5)c3ccccc3-4)cc21. The summed E-state index contributed by atoms with van der Waals surface area (Å²) in [7, 11) is 0. The van der Waals surface area contributed by atoms with Gasteiger partial charge in [0.1, 0.15) is 0 Å². The van der Waals surface area contributed by atoms with Crippen molar-refractivity contribution < 1.29 is 0 Å². The molecule has 50 heavy (non-hydrogen) atoms. The van der Waals surface area contributed by atoms with Crippen LogP contribution in [0.3, 0.4) is 0 Å². The molecule has 1 heteroatoms. The zero-order valence-corrected chi connectivity index (χ0v) is 29.6. The second-order valence-corrected chi connectivity index (χ2v) is 17.0. The van der Waals surface area contributed by atoms with Gasteiger partial charge in [0.2, 0.25) is 0 Å². The zero-order valence-electron chi connectivity index (χ0n) is 29.6. The van der Waals surface area contributed by atoms with Crippen LogP contribution in [0.4, 0.5) is 17.1 Å². The molecule has 244 valence electrons. The van der Waals surface area contributed by atoms with Crippen LogP contribution in [0.5, 0.6) is 0 Å². The van der Waals surface area contributed by atoms with Crippen molar-refractivity contribution in [3.8, 4) is 33.4 Å². The van der Waals surface area contributed by atoms with E-state index in [1.54, 1.807) is 11.1 Å². The third kappa shape index (κ3) is 3.53.